The van der Waals surface area contributed by atoms with Crippen LogP contribution in [-0.4, -0.2) is 9.97 Å². The summed E-state index contributed by atoms with van der Waals surface area (Å²) in [7, 11) is 0. The smallest absolute Gasteiger partial charge is 0.160 e. The van der Waals surface area contributed by atoms with Crippen molar-refractivity contribution in [1.29, 1.82) is 0 Å². The number of hydrogen-bond donors (Lipinski definition) is 0. The molecule has 2 aliphatic rings. The quantitative estimate of drug-likeness (QED) is 0.174. The summed E-state index contributed by atoms with van der Waals surface area (Å²) in [5.74, 6) is 0.712. The summed E-state index contributed by atoms with van der Waals surface area (Å²) in [4.78, 5) is 10.7. The third-order valence-corrected chi connectivity index (χ3v) is 13.7. The Morgan fingerprint density at radius 1 is 0.344 bits per heavy atom. The van der Waals surface area contributed by atoms with E-state index in [0.717, 1.165) is 28.1 Å². The molecule has 0 spiro atoms. The van der Waals surface area contributed by atoms with Gasteiger partial charge in [-0.25, -0.2) is 9.97 Å². The van der Waals surface area contributed by atoms with E-state index in [-0.39, 0.29) is 10.8 Å². The largest absolute Gasteiger partial charge is 0.228 e. The molecule has 0 radical (unpaired) electrons. The Bertz CT molecular complexity index is 3400. The van der Waals surface area contributed by atoms with Crippen molar-refractivity contribution in [1.82, 2.24) is 9.97 Å². The van der Waals surface area contributed by atoms with Gasteiger partial charge in [-0.15, -0.1) is 0 Å². The van der Waals surface area contributed by atoms with Crippen molar-refractivity contribution in [3.8, 4) is 67.3 Å². The zero-order chi connectivity index (χ0) is 40.9. The van der Waals surface area contributed by atoms with Gasteiger partial charge in [0.2, 0.25) is 0 Å². The SMILES string of the molecule is CC1(C)c2c(cccc2-c2ccc(-c3cc(-c4ccc5c(c4)-c4ccccc4C5(C)c4ccccc4)nc(-c4ccccc4)n3)c3ccccc23)-c2ccc3ccccc3c21. The molecular formula is C59H42N2. The van der Waals surface area contributed by atoms with Crippen molar-refractivity contribution in [2.45, 2.75) is 31.6 Å². The summed E-state index contributed by atoms with van der Waals surface area (Å²) in [5, 5.41) is 4.99. The van der Waals surface area contributed by atoms with Crippen LogP contribution in [0.5, 0.6) is 0 Å². The fourth-order valence-corrected chi connectivity index (χ4v) is 10.9. The molecule has 2 heteroatoms. The predicted octanol–water partition coefficient (Wildman–Crippen LogP) is 15.1. The predicted molar refractivity (Wildman–Crippen MR) is 254 cm³/mol. The van der Waals surface area contributed by atoms with Crippen molar-refractivity contribution in [2.24, 2.45) is 0 Å². The molecule has 0 N–H and O–H groups in total. The van der Waals surface area contributed by atoms with Crippen molar-refractivity contribution in [3.63, 3.8) is 0 Å². The van der Waals surface area contributed by atoms with Crippen molar-refractivity contribution < 1.29 is 0 Å². The molecule has 1 heterocycles. The van der Waals surface area contributed by atoms with Crippen LogP contribution < -0.4 is 0 Å². The molecule has 288 valence electrons. The lowest BCUT2D eigenvalue weighted by Gasteiger charge is -2.28. The fourth-order valence-electron chi connectivity index (χ4n) is 10.9. The highest BCUT2D eigenvalue weighted by Crippen LogP contribution is 2.56. The van der Waals surface area contributed by atoms with Gasteiger partial charge in [-0.05, 0) is 102 Å². The van der Waals surface area contributed by atoms with E-state index < -0.39 is 0 Å². The first kappa shape index (κ1) is 35.5. The van der Waals surface area contributed by atoms with E-state index in [9.17, 15) is 0 Å². The molecule has 1 aromatic heterocycles. The number of aromatic nitrogens is 2. The fraction of sp³-hybridized carbons (Fsp3) is 0.0847. The van der Waals surface area contributed by atoms with E-state index in [1.54, 1.807) is 0 Å². The normalized spacial score (nSPS) is 15.7. The minimum Gasteiger partial charge on any atom is -0.228 e. The summed E-state index contributed by atoms with van der Waals surface area (Å²) in [5.41, 5.74) is 18.9. The van der Waals surface area contributed by atoms with Crippen LogP contribution in [0.1, 0.15) is 48.6 Å². The van der Waals surface area contributed by atoms with Crippen LogP contribution in [0.15, 0.2) is 200 Å². The van der Waals surface area contributed by atoms with E-state index in [1.807, 2.05) is 6.07 Å². The lowest BCUT2D eigenvalue weighted by molar-refractivity contribution is 0.668. The highest BCUT2D eigenvalue weighted by molar-refractivity contribution is 6.07. The minimum absolute atomic E-state index is 0.192. The Labute approximate surface area is 356 Å². The minimum atomic E-state index is -0.261. The van der Waals surface area contributed by atoms with Gasteiger partial charge in [0.25, 0.3) is 0 Å². The lowest BCUT2D eigenvalue weighted by Crippen LogP contribution is -2.22. The van der Waals surface area contributed by atoms with Gasteiger partial charge in [-0.3, -0.25) is 0 Å². The first-order valence-electron chi connectivity index (χ1n) is 21.3. The second-order valence-electron chi connectivity index (χ2n) is 17.4. The van der Waals surface area contributed by atoms with E-state index in [4.69, 9.17) is 9.97 Å². The standard InChI is InChI=1S/C59H42N2/c1-58(2)55-41-22-11-10-17-37(41)29-31-49(55)48-27-16-26-47(56(48)58)44-32-33-46(43-24-13-12-23-42(43)44)54-36-53(60-57(61-54)38-18-6-4-7-19-38)39-30-34-52-50(35-39)45-25-14-15-28-51(45)59(52,3)40-20-8-5-9-21-40/h4-36H,1-3H3. The van der Waals surface area contributed by atoms with E-state index in [1.165, 1.54) is 82.7 Å². The Balaban J connectivity index is 1.03. The molecule has 10 aromatic rings. The maximum absolute atomic E-state index is 5.35. The zero-order valence-corrected chi connectivity index (χ0v) is 34.4. The summed E-state index contributed by atoms with van der Waals surface area (Å²) in [6.45, 7) is 7.16. The van der Waals surface area contributed by atoms with Crippen LogP contribution in [0.25, 0.3) is 88.8 Å². The second kappa shape index (κ2) is 13.3. The van der Waals surface area contributed by atoms with Gasteiger partial charge < -0.3 is 0 Å². The van der Waals surface area contributed by atoms with Gasteiger partial charge in [-0.1, -0.05) is 202 Å². The Morgan fingerprint density at radius 2 is 0.918 bits per heavy atom. The van der Waals surface area contributed by atoms with Crippen LogP contribution >= 0.6 is 0 Å². The van der Waals surface area contributed by atoms with Crippen LogP contribution in [-0.2, 0) is 10.8 Å². The molecule has 61 heavy (non-hydrogen) atoms. The average molecular weight is 779 g/mol. The molecule has 9 aromatic carbocycles. The molecule has 0 amide bonds. The molecule has 0 saturated carbocycles. The van der Waals surface area contributed by atoms with Gasteiger partial charge in [0.15, 0.2) is 5.82 Å². The Hall–Kier alpha value is -7.42. The lowest BCUT2D eigenvalue weighted by atomic mass is 9.74. The Kier molecular flexibility index (Phi) is 7.74. The number of fused-ring (bicyclic) bond motifs is 9. The van der Waals surface area contributed by atoms with Crippen molar-refractivity contribution in [3.05, 3.63) is 228 Å². The van der Waals surface area contributed by atoms with Crippen molar-refractivity contribution >= 4 is 21.5 Å². The highest BCUT2D eigenvalue weighted by Gasteiger charge is 2.41. The van der Waals surface area contributed by atoms with Gasteiger partial charge in [0, 0.05) is 27.5 Å². The number of nitrogens with zero attached hydrogens (tertiary/aromatic N) is 2. The monoisotopic (exact) mass is 778 g/mol. The third kappa shape index (κ3) is 5.22. The summed E-state index contributed by atoms with van der Waals surface area (Å²) < 4.78 is 0. The topological polar surface area (TPSA) is 25.8 Å². The van der Waals surface area contributed by atoms with Crippen LogP contribution in [0.2, 0.25) is 0 Å². The number of benzene rings is 9. The maximum atomic E-state index is 5.35. The number of hydrogen-bond acceptors (Lipinski definition) is 2. The van der Waals surface area contributed by atoms with Gasteiger partial charge >= 0.3 is 0 Å². The summed E-state index contributed by atoms with van der Waals surface area (Å²) in [6.07, 6.45) is 0. The summed E-state index contributed by atoms with van der Waals surface area (Å²) in [6, 6.07) is 73.0. The molecule has 0 saturated heterocycles. The molecular weight excluding hydrogens is 737 g/mol. The first-order valence-corrected chi connectivity index (χ1v) is 21.3. The molecule has 0 aliphatic heterocycles. The summed E-state index contributed by atoms with van der Waals surface area (Å²) >= 11 is 0. The molecule has 2 aliphatic carbocycles. The maximum Gasteiger partial charge on any atom is 0.160 e. The second-order valence-corrected chi connectivity index (χ2v) is 17.4. The zero-order valence-electron chi connectivity index (χ0n) is 34.4. The van der Waals surface area contributed by atoms with Crippen LogP contribution in [0.3, 0.4) is 0 Å². The molecule has 1 unspecified atom stereocenters. The van der Waals surface area contributed by atoms with E-state index in [2.05, 4.69) is 215 Å². The van der Waals surface area contributed by atoms with E-state index in [0.29, 0.717) is 5.82 Å². The Morgan fingerprint density at radius 3 is 1.72 bits per heavy atom. The van der Waals surface area contributed by atoms with Gasteiger partial charge in [0.05, 0.1) is 11.4 Å². The number of rotatable bonds is 5. The molecule has 12 rings (SSSR count). The van der Waals surface area contributed by atoms with Gasteiger partial charge in [0.1, 0.15) is 0 Å². The molecule has 0 fully saturated rings. The molecule has 1 atom stereocenters. The third-order valence-electron chi connectivity index (χ3n) is 13.7. The highest BCUT2D eigenvalue weighted by atomic mass is 14.9. The molecule has 0 bridgehead atoms. The van der Waals surface area contributed by atoms with Crippen LogP contribution in [0.4, 0.5) is 0 Å². The van der Waals surface area contributed by atoms with Crippen LogP contribution in [0, 0.1) is 0 Å². The molecule has 2 nitrogen and oxygen atoms in total. The average Bonchev–Trinajstić information content (AvgIpc) is 3.73. The van der Waals surface area contributed by atoms with Gasteiger partial charge in [-0.2, -0.15) is 0 Å². The first-order chi connectivity index (χ1) is 29.9. The van der Waals surface area contributed by atoms with E-state index >= 15 is 0 Å². The van der Waals surface area contributed by atoms with Crippen molar-refractivity contribution in [2.75, 3.05) is 0 Å².